The van der Waals surface area contributed by atoms with Gasteiger partial charge in [-0.2, -0.15) is 0 Å². The maximum Gasteiger partial charge on any atom is 0.0976 e. The third kappa shape index (κ3) is 3.22. The van der Waals surface area contributed by atoms with Crippen molar-refractivity contribution in [2.24, 2.45) is 52.3 Å². The lowest BCUT2D eigenvalue weighted by Crippen LogP contribution is -2.65. The third-order valence-electron chi connectivity index (χ3n) is 11.0. The van der Waals surface area contributed by atoms with E-state index in [2.05, 4.69) is 27.7 Å². The normalized spacial score (nSPS) is 55.3. The Morgan fingerprint density at radius 2 is 1.67 bits per heavy atom. The SMILES string of the molecule is CC[C@H]1[C@@H](O)[C@H]2C3CC[C@H]([C@H](C)C[C@@H](C)F)[C@@]3(C)[C@@H](O)CC2[C@@]2(C)CC[C@@H](O)C[C@@H]12. The van der Waals surface area contributed by atoms with Gasteiger partial charge in [-0.25, -0.2) is 4.39 Å². The standard InChI is InChI=1S/C26H45FO3/c1-6-17-20-12-16(28)9-10-25(20,4)21-13-22(29)26(5)18(14(2)11-15(3)27)7-8-19(26)23(21)24(17)30/h14-24,28-30H,6-13H2,1-5H3/t14-,15-,16-,17-,18-,19?,20+,21?,22+,23+,24-,25+,26-/m1/s1. The summed E-state index contributed by atoms with van der Waals surface area (Å²) in [6.45, 7) is 10.6. The molecule has 0 heterocycles. The monoisotopic (exact) mass is 424 g/mol. The number of halogens is 1. The smallest absolute Gasteiger partial charge is 0.0976 e. The number of fused-ring (bicyclic) bond motifs is 5. The summed E-state index contributed by atoms with van der Waals surface area (Å²) in [6, 6.07) is 0. The molecule has 4 rings (SSSR count). The van der Waals surface area contributed by atoms with E-state index < -0.39 is 6.17 Å². The minimum atomic E-state index is -0.811. The Labute approximate surface area is 182 Å². The van der Waals surface area contributed by atoms with Gasteiger partial charge in [-0.1, -0.05) is 34.1 Å². The molecule has 0 amide bonds. The Morgan fingerprint density at radius 1 is 0.967 bits per heavy atom. The largest absolute Gasteiger partial charge is 0.393 e. The lowest BCUT2D eigenvalue weighted by Gasteiger charge is -2.65. The second kappa shape index (κ2) is 7.99. The molecule has 0 bridgehead atoms. The quantitative estimate of drug-likeness (QED) is 0.597. The highest BCUT2D eigenvalue weighted by Crippen LogP contribution is 2.69. The van der Waals surface area contributed by atoms with E-state index in [0.29, 0.717) is 30.1 Å². The summed E-state index contributed by atoms with van der Waals surface area (Å²) in [5, 5.41) is 33.7. The highest BCUT2D eigenvalue weighted by molar-refractivity contribution is 5.15. The number of hydrogen-bond donors (Lipinski definition) is 3. The molecule has 0 aromatic rings. The first-order chi connectivity index (χ1) is 14.1. The van der Waals surface area contributed by atoms with Gasteiger partial charge in [0.05, 0.1) is 24.5 Å². The fourth-order valence-corrected chi connectivity index (χ4v) is 9.57. The summed E-state index contributed by atoms with van der Waals surface area (Å²) in [6.07, 6.45) is 5.18. The fraction of sp³-hybridized carbons (Fsp3) is 1.00. The van der Waals surface area contributed by atoms with Crippen LogP contribution in [0.5, 0.6) is 0 Å². The van der Waals surface area contributed by atoms with Crippen molar-refractivity contribution in [3.63, 3.8) is 0 Å². The molecule has 13 atom stereocenters. The second-order valence-electron chi connectivity index (χ2n) is 12.2. The Hall–Kier alpha value is -0.190. The van der Waals surface area contributed by atoms with Crippen LogP contribution in [-0.4, -0.2) is 39.8 Å². The summed E-state index contributed by atoms with van der Waals surface area (Å²) >= 11 is 0. The van der Waals surface area contributed by atoms with Crippen LogP contribution < -0.4 is 0 Å². The van der Waals surface area contributed by atoms with Crippen LogP contribution in [0, 0.1) is 52.3 Å². The third-order valence-corrected chi connectivity index (χ3v) is 11.0. The molecule has 4 aliphatic carbocycles. The molecule has 4 fully saturated rings. The minimum absolute atomic E-state index is 0.0866. The number of hydrogen-bond acceptors (Lipinski definition) is 3. The van der Waals surface area contributed by atoms with E-state index >= 15 is 0 Å². The average Bonchev–Trinajstić information content (AvgIpc) is 3.02. The molecule has 174 valence electrons. The van der Waals surface area contributed by atoms with Crippen molar-refractivity contribution in [1.29, 1.82) is 0 Å². The van der Waals surface area contributed by atoms with E-state index in [9.17, 15) is 19.7 Å². The van der Waals surface area contributed by atoms with Gasteiger partial charge in [0.15, 0.2) is 0 Å². The van der Waals surface area contributed by atoms with Gasteiger partial charge < -0.3 is 15.3 Å². The van der Waals surface area contributed by atoms with E-state index in [1.807, 2.05) is 0 Å². The highest BCUT2D eigenvalue weighted by atomic mass is 19.1. The summed E-state index contributed by atoms with van der Waals surface area (Å²) in [4.78, 5) is 0. The molecule has 3 N–H and O–H groups in total. The van der Waals surface area contributed by atoms with E-state index in [4.69, 9.17) is 0 Å². The maximum atomic E-state index is 13.8. The molecule has 0 aromatic heterocycles. The van der Waals surface area contributed by atoms with Crippen LogP contribution >= 0.6 is 0 Å². The Bertz CT molecular complexity index is 625. The van der Waals surface area contributed by atoms with Crippen LogP contribution in [0.4, 0.5) is 4.39 Å². The Balaban J connectivity index is 1.70. The van der Waals surface area contributed by atoms with Crippen molar-refractivity contribution >= 4 is 0 Å². The maximum absolute atomic E-state index is 13.8. The van der Waals surface area contributed by atoms with Gasteiger partial charge >= 0.3 is 0 Å². The van der Waals surface area contributed by atoms with Crippen LogP contribution in [0.1, 0.15) is 86.0 Å². The summed E-state index contributed by atoms with van der Waals surface area (Å²) in [7, 11) is 0. The predicted molar refractivity (Wildman–Crippen MR) is 118 cm³/mol. The molecule has 4 aliphatic rings. The van der Waals surface area contributed by atoms with Crippen LogP contribution in [0.3, 0.4) is 0 Å². The van der Waals surface area contributed by atoms with Crippen molar-refractivity contribution in [3.8, 4) is 0 Å². The van der Waals surface area contributed by atoms with E-state index in [1.165, 1.54) is 0 Å². The number of aliphatic hydroxyl groups excluding tert-OH is 3. The van der Waals surface area contributed by atoms with Gasteiger partial charge in [0.25, 0.3) is 0 Å². The molecule has 3 nitrogen and oxygen atoms in total. The van der Waals surface area contributed by atoms with Gasteiger partial charge in [-0.05, 0) is 104 Å². The molecule has 4 heteroatoms. The van der Waals surface area contributed by atoms with Crippen molar-refractivity contribution in [2.75, 3.05) is 0 Å². The molecular formula is C26H45FO3. The number of alkyl halides is 1. The first kappa shape index (κ1) is 23.0. The van der Waals surface area contributed by atoms with Crippen LogP contribution in [0.2, 0.25) is 0 Å². The number of rotatable bonds is 4. The second-order valence-corrected chi connectivity index (χ2v) is 12.2. The minimum Gasteiger partial charge on any atom is -0.393 e. The average molecular weight is 425 g/mol. The van der Waals surface area contributed by atoms with Crippen LogP contribution in [0.15, 0.2) is 0 Å². The van der Waals surface area contributed by atoms with Gasteiger partial charge in [-0.15, -0.1) is 0 Å². The zero-order valence-electron chi connectivity index (χ0n) is 19.7. The molecule has 0 saturated heterocycles. The predicted octanol–water partition coefficient (Wildman–Crippen LogP) is 4.97. The van der Waals surface area contributed by atoms with Gasteiger partial charge in [0, 0.05) is 0 Å². The molecule has 2 unspecified atom stereocenters. The zero-order chi connectivity index (χ0) is 22.0. The highest BCUT2D eigenvalue weighted by Gasteiger charge is 2.67. The molecule has 0 aromatic carbocycles. The molecule has 4 saturated carbocycles. The van der Waals surface area contributed by atoms with Crippen molar-refractivity contribution in [3.05, 3.63) is 0 Å². The van der Waals surface area contributed by atoms with E-state index in [1.54, 1.807) is 6.92 Å². The lowest BCUT2D eigenvalue weighted by molar-refractivity contribution is -0.228. The summed E-state index contributed by atoms with van der Waals surface area (Å²) < 4.78 is 13.8. The Kier molecular flexibility index (Phi) is 6.12. The van der Waals surface area contributed by atoms with Crippen LogP contribution in [-0.2, 0) is 0 Å². The Morgan fingerprint density at radius 3 is 2.30 bits per heavy atom. The van der Waals surface area contributed by atoms with E-state index in [0.717, 1.165) is 44.9 Å². The van der Waals surface area contributed by atoms with Gasteiger partial charge in [0.2, 0.25) is 0 Å². The first-order valence-electron chi connectivity index (χ1n) is 12.7. The molecule has 30 heavy (non-hydrogen) atoms. The first-order valence-corrected chi connectivity index (χ1v) is 12.7. The molecule has 0 aliphatic heterocycles. The van der Waals surface area contributed by atoms with Crippen LogP contribution in [0.25, 0.3) is 0 Å². The topological polar surface area (TPSA) is 60.7 Å². The van der Waals surface area contributed by atoms with Crippen molar-refractivity contribution in [1.82, 2.24) is 0 Å². The molecule has 0 radical (unpaired) electrons. The van der Waals surface area contributed by atoms with Crippen molar-refractivity contribution < 1.29 is 19.7 Å². The summed E-state index contributed by atoms with van der Waals surface area (Å²) in [5.41, 5.74) is -0.143. The molecule has 0 spiro atoms. The van der Waals surface area contributed by atoms with Gasteiger partial charge in [-0.3, -0.25) is 0 Å². The fourth-order valence-electron chi connectivity index (χ4n) is 9.57. The molecular weight excluding hydrogens is 379 g/mol. The number of aliphatic hydroxyl groups is 3. The van der Waals surface area contributed by atoms with Crippen molar-refractivity contribution in [2.45, 2.75) is 110 Å². The zero-order valence-corrected chi connectivity index (χ0v) is 19.7. The lowest BCUT2D eigenvalue weighted by atomic mass is 9.41. The summed E-state index contributed by atoms with van der Waals surface area (Å²) in [5.74, 6) is 1.98. The van der Waals surface area contributed by atoms with Gasteiger partial charge in [0.1, 0.15) is 0 Å². The van der Waals surface area contributed by atoms with E-state index in [-0.39, 0.29) is 46.9 Å².